The number of hydrogen-bond donors (Lipinski definition) is 0. The molecule has 0 fully saturated rings. The van der Waals surface area contributed by atoms with E-state index in [0.717, 1.165) is 6.54 Å². The van der Waals surface area contributed by atoms with Gasteiger partial charge in [0.25, 0.3) is 0 Å². The number of nitrogens with zero attached hydrogens (tertiary/aromatic N) is 2. The molecule has 1 aromatic heterocycles. The first kappa shape index (κ1) is 15.1. The molecular formula is C17H23ClN2. The minimum Gasteiger partial charge on any atom is -0.341 e. The second-order valence-electron chi connectivity index (χ2n) is 5.70. The Morgan fingerprint density at radius 3 is 2.80 bits per heavy atom. The Balaban J connectivity index is 0.00000147. The summed E-state index contributed by atoms with van der Waals surface area (Å²) in [4.78, 5) is 2.36. The summed E-state index contributed by atoms with van der Waals surface area (Å²) >= 11 is 0. The van der Waals surface area contributed by atoms with Crippen molar-refractivity contribution in [2.75, 3.05) is 14.1 Å². The number of benzene rings is 1. The normalized spacial score (nSPS) is 17.9. The summed E-state index contributed by atoms with van der Waals surface area (Å²) in [5.41, 5.74) is 4.45. The van der Waals surface area contributed by atoms with E-state index in [0.29, 0.717) is 6.04 Å². The zero-order valence-electron chi connectivity index (χ0n) is 12.3. The Bertz CT molecular complexity index is 613. The van der Waals surface area contributed by atoms with Gasteiger partial charge in [-0.05, 0) is 45.0 Å². The molecule has 1 unspecified atom stereocenters. The summed E-state index contributed by atoms with van der Waals surface area (Å²) in [6.45, 7) is 4.82. The van der Waals surface area contributed by atoms with Gasteiger partial charge in [0.05, 0.1) is 0 Å². The molecule has 2 nitrogen and oxygen atoms in total. The number of fused-ring (bicyclic) bond motifs is 3. The predicted molar refractivity (Wildman–Crippen MR) is 88.9 cm³/mol. The highest BCUT2D eigenvalue weighted by Gasteiger charge is 2.25. The van der Waals surface area contributed by atoms with Crippen LogP contribution in [0.15, 0.2) is 36.9 Å². The number of rotatable bonds is 3. The number of aromatic nitrogens is 1. The lowest BCUT2D eigenvalue weighted by Crippen LogP contribution is -2.33. The first-order chi connectivity index (χ1) is 9.22. The van der Waals surface area contributed by atoms with Crippen molar-refractivity contribution in [2.24, 2.45) is 0 Å². The van der Waals surface area contributed by atoms with Gasteiger partial charge >= 0.3 is 0 Å². The van der Waals surface area contributed by atoms with Crippen molar-refractivity contribution >= 4 is 23.3 Å². The van der Waals surface area contributed by atoms with E-state index < -0.39 is 0 Å². The fourth-order valence-electron chi connectivity index (χ4n) is 3.36. The average molecular weight is 291 g/mol. The van der Waals surface area contributed by atoms with Gasteiger partial charge in [-0.1, -0.05) is 24.3 Å². The minimum absolute atomic E-state index is 0. The van der Waals surface area contributed by atoms with Gasteiger partial charge in [-0.25, -0.2) is 0 Å². The molecular weight excluding hydrogens is 268 g/mol. The van der Waals surface area contributed by atoms with Gasteiger partial charge in [0.2, 0.25) is 0 Å². The Morgan fingerprint density at radius 1 is 1.35 bits per heavy atom. The van der Waals surface area contributed by atoms with Crippen molar-refractivity contribution in [3.63, 3.8) is 0 Å². The average Bonchev–Trinajstić information content (AvgIpc) is 2.74. The van der Waals surface area contributed by atoms with Crippen molar-refractivity contribution in [1.82, 2.24) is 9.47 Å². The maximum absolute atomic E-state index is 3.91. The third kappa shape index (κ3) is 2.38. The van der Waals surface area contributed by atoms with Crippen molar-refractivity contribution in [1.29, 1.82) is 0 Å². The molecule has 2 aromatic rings. The molecule has 1 aliphatic carbocycles. The Kier molecular flexibility index (Phi) is 4.56. The molecule has 0 aliphatic heterocycles. The zero-order chi connectivity index (χ0) is 13.4. The molecule has 3 rings (SSSR count). The van der Waals surface area contributed by atoms with Crippen LogP contribution in [0, 0.1) is 0 Å². The second-order valence-corrected chi connectivity index (χ2v) is 5.70. The van der Waals surface area contributed by atoms with Gasteiger partial charge < -0.3 is 9.47 Å². The molecule has 1 heterocycles. The predicted octanol–water partition coefficient (Wildman–Crippen LogP) is 3.67. The fourth-order valence-corrected chi connectivity index (χ4v) is 3.36. The highest BCUT2D eigenvalue weighted by atomic mass is 35.5. The molecule has 108 valence electrons. The quantitative estimate of drug-likeness (QED) is 0.783. The fraction of sp³-hybridized carbons (Fsp3) is 0.412. The summed E-state index contributed by atoms with van der Waals surface area (Å²) in [6, 6.07) is 9.47. The lowest BCUT2D eigenvalue weighted by Gasteiger charge is -2.29. The van der Waals surface area contributed by atoms with Crippen LogP contribution >= 0.6 is 12.4 Å². The summed E-state index contributed by atoms with van der Waals surface area (Å²) < 4.78 is 2.45. The van der Waals surface area contributed by atoms with Crippen molar-refractivity contribution in [2.45, 2.75) is 31.8 Å². The van der Waals surface area contributed by atoms with E-state index in [1.807, 2.05) is 6.08 Å². The van der Waals surface area contributed by atoms with Crippen LogP contribution in [0.1, 0.15) is 17.7 Å². The van der Waals surface area contributed by atoms with Crippen LogP contribution in [0.5, 0.6) is 0 Å². The van der Waals surface area contributed by atoms with Crippen LogP contribution < -0.4 is 0 Å². The second kappa shape index (κ2) is 6.02. The molecule has 0 spiro atoms. The SMILES string of the molecule is C=CCn1c2c(c3ccccc31)CC(N(C)C)CC2.Cl. The summed E-state index contributed by atoms with van der Waals surface area (Å²) in [5.74, 6) is 0. The first-order valence-electron chi connectivity index (χ1n) is 7.08. The minimum atomic E-state index is 0. The van der Waals surface area contributed by atoms with Crippen LogP contribution in [0.3, 0.4) is 0 Å². The van der Waals surface area contributed by atoms with E-state index in [1.165, 1.54) is 35.9 Å². The van der Waals surface area contributed by atoms with Crippen LogP contribution in [-0.2, 0) is 19.4 Å². The lowest BCUT2D eigenvalue weighted by molar-refractivity contribution is 0.267. The van der Waals surface area contributed by atoms with E-state index in [-0.39, 0.29) is 12.4 Å². The maximum atomic E-state index is 3.91. The first-order valence-corrected chi connectivity index (χ1v) is 7.08. The van der Waals surface area contributed by atoms with Gasteiger partial charge in [-0.3, -0.25) is 0 Å². The van der Waals surface area contributed by atoms with E-state index in [9.17, 15) is 0 Å². The third-order valence-corrected chi connectivity index (χ3v) is 4.39. The Hall–Kier alpha value is -1.25. The number of halogens is 1. The van der Waals surface area contributed by atoms with E-state index in [2.05, 4.69) is 54.4 Å². The smallest absolute Gasteiger partial charge is 0.0488 e. The van der Waals surface area contributed by atoms with Gasteiger partial charge in [-0.2, -0.15) is 0 Å². The van der Waals surface area contributed by atoms with Crippen LogP contribution in [0.2, 0.25) is 0 Å². The molecule has 0 bridgehead atoms. The highest BCUT2D eigenvalue weighted by Crippen LogP contribution is 2.33. The lowest BCUT2D eigenvalue weighted by atomic mass is 9.91. The molecule has 1 aliphatic rings. The molecule has 0 amide bonds. The number of allylic oxidation sites excluding steroid dienone is 1. The van der Waals surface area contributed by atoms with Gasteiger partial charge in [0.15, 0.2) is 0 Å². The summed E-state index contributed by atoms with van der Waals surface area (Å²) in [7, 11) is 4.39. The third-order valence-electron chi connectivity index (χ3n) is 4.39. The van der Waals surface area contributed by atoms with Crippen LogP contribution in [0.25, 0.3) is 10.9 Å². The summed E-state index contributed by atoms with van der Waals surface area (Å²) in [6.07, 6.45) is 5.62. The van der Waals surface area contributed by atoms with E-state index in [1.54, 1.807) is 5.56 Å². The molecule has 0 radical (unpaired) electrons. The highest BCUT2D eigenvalue weighted by molar-refractivity contribution is 5.86. The van der Waals surface area contributed by atoms with Gasteiger partial charge in [0, 0.05) is 29.2 Å². The largest absolute Gasteiger partial charge is 0.341 e. The van der Waals surface area contributed by atoms with Crippen molar-refractivity contribution < 1.29 is 0 Å². The van der Waals surface area contributed by atoms with Crippen molar-refractivity contribution in [3.05, 3.63) is 48.2 Å². The van der Waals surface area contributed by atoms with Gasteiger partial charge in [-0.15, -0.1) is 19.0 Å². The topological polar surface area (TPSA) is 8.17 Å². The molecule has 0 saturated carbocycles. The maximum Gasteiger partial charge on any atom is 0.0488 e. The van der Waals surface area contributed by atoms with Crippen LogP contribution in [0.4, 0.5) is 0 Å². The number of hydrogen-bond acceptors (Lipinski definition) is 1. The standard InChI is InChI=1S/C17H22N2.ClH/c1-4-11-19-16-8-6-5-7-14(16)15-12-13(18(2)3)9-10-17(15)19;/h4-8,13H,1,9-12H2,2-3H3;1H. The van der Waals surface area contributed by atoms with Gasteiger partial charge in [0.1, 0.15) is 0 Å². The molecule has 0 saturated heterocycles. The van der Waals surface area contributed by atoms with Crippen LogP contribution in [-0.4, -0.2) is 29.6 Å². The molecule has 1 aromatic carbocycles. The van der Waals surface area contributed by atoms with E-state index in [4.69, 9.17) is 0 Å². The zero-order valence-corrected chi connectivity index (χ0v) is 13.1. The summed E-state index contributed by atoms with van der Waals surface area (Å²) in [5, 5.41) is 1.44. The Labute approximate surface area is 127 Å². The van der Waals surface area contributed by atoms with E-state index >= 15 is 0 Å². The number of likely N-dealkylation sites (N-methyl/N-ethyl adjacent to an activating group) is 1. The van der Waals surface area contributed by atoms with Crippen molar-refractivity contribution in [3.8, 4) is 0 Å². The molecule has 1 atom stereocenters. The Morgan fingerprint density at radius 2 is 2.10 bits per heavy atom. The molecule has 20 heavy (non-hydrogen) atoms. The number of para-hydroxylation sites is 1. The molecule has 0 N–H and O–H groups in total. The monoisotopic (exact) mass is 290 g/mol. The molecule has 3 heteroatoms.